The van der Waals surface area contributed by atoms with E-state index in [2.05, 4.69) is 27.6 Å². The molecule has 2 heterocycles. The summed E-state index contributed by atoms with van der Waals surface area (Å²) in [7, 11) is 0. The minimum Gasteiger partial charge on any atom is -0.396 e. The quantitative estimate of drug-likeness (QED) is 0.651. The zero-order chi connectivity index (χ0) is 11.7. The first-order valence-corrected chi connectivity index (χ1v) is 6.30. The molecule has 2 rings (SSSR count). The van der Waals surface area contributed by atoms with E-state index in [1.165, 1.54) is 0 Å². The summed E-state index contributed by atoms with van der Waals surface area (Å²) in [6.07, 6.45) is 0.377. The molecule has 1 aromatic heterocycles. The number of nitrogens with zero attached hydrogens (tertiary/aromatic N) is 2. The van der Waals surface area contributed by atoms with Gasteiger partial charge >= 0.3 is 0 Å². The predicted octanol–water partition coefficient (Wildman–Crippen LogP) is 1.68. The number of rotatable bonds is 2. The van der Waals surface area contributed by atoms with Crippen LogP contribution in [0.5, 0.6) is 0 Å². The van der Waals surface area contributed by atoms with E-state index in [1.54, 1.807) is 11.0 Å². The van der Waals surface area contributed by atoms with Crippen molar-refractivity contribution < 1.29 is 9.90 Å². The van der Waals surface area contributed by atoms with E-state index in [0.29, 0.717) is 23.9 Å². The first kappa shape index (κ1) is 12.1. The van der Waals surface area contributed by atoms with Crippen molar-refractivity contribution in [2.45, 2.75) is 6.42 Å². The highest BCUT2D eigenvalue weighted by Gasteiger charge is 2.30. The Morgan fingerprint density at radius 3 is 2.94 bits per heavy atom. The standard InChI is InChI=1S/C10H10ClIN2O2/c11-10-7(12)1-2-8(13-10)14-4-6(5-15)3-9(14)16/h1-2,6,15H,3-5H2. The van der Waals surface area contributed by atoms with Crippen LogP contribution in [0.3, 0.4) is 0 Å². The Bertz CT molecular complexity index is 427. The number of carbonyl (C=O) groups is 1. The third kappa shape index (κ3) is 2.31. The molecule has 6 heteroatoms. The van der Waals surface area contributed by atoms with Crippen molar-refractivity contribution in [2.75, 3.05) is 18.1 Å². The van der Waals surface area contributed by atoms with Gasteiger partial charge in [0.1, 0.15) is 11.0 Å². The van der Waals surface area contributed by atoms with Gasteiger partial charge in [0.15, 0.2) is 0 Å². The van der Waals surface area contributed by atoms with Crippen LogP contribution in [0, 0.1) is 9.49 Å². The van der Waals surface area contributed by atoms with Crippen molar-refractivity contribution in [3.05, 3.63) is 20.9 Å². The Balaban J connectivity index is 2.24. The van der Waals surface area contributed by atoms with E-state index < -0.39 is 0 Å². The summed E-state index contributed by atoms with van der Waals surface area (Å²) < 4.78 is 0.855. The highest BCUT2D eigenvalue weighted by molar-refractivity contribution is 14.1. The molecule has 1 unspecified atom stereocenters. The molecule has 4 nitrogen and oxygen atoms in total. The zero-order valence-corrected chi connectivity index (χ0v) is 11.3. The number of aliphatic hydroxyl groups is 1. The summed E-state index contributed by atoms with van der Waals surface area (Å²) in [4.78, 5) is 17.4. The smallest absolute Gasteiger partial charge is 0.228 e. The van der Waals surface area contributed by atoms with Crippen molar-refractivity contribution in [1.29, 1.82) is 0 Å². The SMILES string of the molecule is O=C1CC(CO)CN1c1ccc(I)c(Cl)n1. The lowest BCUT2D eigenvalue weighted by Crippen LogP contribution is -2.25. The molecule has 0 spiro atoms. The first-order chi connectivity index (χ1) is 7.61. The summed E-state index contributed by atoms with van der Waals surface area (Å²) in [5.74, 6) is 0.558. The molecule has 1 atom stereocenters. The average Bonchev–Trinajstić information content (AvgIpc) is 2.64. The lowest BCUT2D eigenvalue weighted by molar-refractivity contribution is -0.117. The maximum atomic E-state index is 11.7. The Hall–Kier alpha value is -0.400. The van der Waals surface area contributed by atoms with Gasteiger partial charge in [-0.25, -0.2) is 4.98 Å². The summed E-state index contributed by atoms with van der Waals surface area (Å²) in [6, 6.07) is 3.59. The van der Waals surface area contributed by atoms with Crippen LogP contribution in [0.25, 0.3) is 0 Å². The van der Waals surface area contributed by atoms with Crippen LogP contribution < -0.4 is 4.90 Å². The van der Waals surface area contributed by atoms with Crippen LogP contribution in [-0.2, 0) is 4.79 Å². The van der Waals surface area contributed by atoms with Gasteiger partial charge in [-0.2, -0.15) is 0 Å². The highest BCUT2D eigenvalue weighted by atomic mass is 127. The van der Waals surface area contributed by atoms with Crippen LogP contribution >= 0.6 is 34.2 Å². The highest BCUT2D eigenvalue weighted by Crippen LogP contribution is 2.26. The fourth-order valence-electron chi connectivity index (χ4n) is 1.68. The van der Waals surface area contributed by atoms with E-state index in [9.17, 15) is 4.79 Å². The number of halogens is 2. The Kier molecular flexibility index (Phi) is 3.66. The molecular weight excluding hydrogens is 342 g/mol. The maximum absolute atomic E-state index is 11.7. The van der Waals surface area contributed by atoms with Crippen LogP contribution in [0.1, 0.15) is 6.42 Å². The normalized spacial score (nSPS) is 20.6. The Morgan fingerprint density at radius 2 is 2.38 bits per heavy atom. The molecular formula is C10H10ClIN2O2. The van der Waals surface area contributed by atoms with Gasteiger partial charge in [0.25, 0.3) is 0 Å². The molecule has 86 valence electrons. The summed E-state index contributed by atoms with van der Waals surface area (Å²) in [6.45, 7) is 0.541. The molecule has 1 aliphatic heterocycles. The van der Waals surface area contributed by atoms with Crippen LogP contribution in [0.2, 0.25) is 5.15 Å². The van der Waals surface area contributed by atoms with Crippen molar-refractivity contribution >= 4 is 45.9 Å². The molecule has 0 aromatic carbocycles. The van der Waals surface area contributed by atoms with Gasteiger partial charge in [0.2, 0.25) is 5.91 Å². The van der Waals surface area contributed by atoms with Gasteiger partial charge in [0.05, 0.1) is 3.57 Å². The lowest BCUT2D eigenvalue weighted by atomic mass is 10.1. The minimum absolute atomic E-state index is 0.00681. The molecule has 0 bridgehead atoms. The number of hydrogen-bond donors (Lipinski definition) is 1. The second kappa shape index (κ2) is 4.85. The number of amides is 1. The fraction of sp³-hybridized carbons (Fsp3) is 0.400. The lowest BCUT2D eigenvalue weighted by Gasteiger charge is -2.15. The predicted molar refractivity (Wildman–Crippen MR) is 69.5 cm³/mol. The van der Waals surface area contributed by atoms with Crippen molar-refractivity contribution in [3.63, 3.8) is 0 Å². The van der Waals surface area contributed by atoms with E-state index >= 15 is 0 Å². The zero-order valence-electron chi connectivity index (χ0n) is 8.36. The topological polar surface area (TPSA) is 53.4 Å². The Morgan fingerprint density at radius 1 is 1.62 bits per heavy atom. The molecule has 1 fully saturated rings. The van der Waals surface area contributed by atoms with E-state index in [-0.39, 0.29) is 18.4 Å². The van der Waals surface area contributed by atoms with Crippen LogP contribution in [0.15, 0.2) is 12.1 Å². The summed E-state index contributed by atoms with van der Waals surface area (Å²) in [5, 5.41) is 9.42. The average molecular weight is 353 g/mol. The Labute approximate surface area is 112 Å². The maximum Gasteiger partial charge on any atom is 0.228 e. The fourth-order valence-corrected chi connectivity index (χ4v) is 2.13. The number of aromatic nitrogens is 1. The molecule has 0 saturated carbocycles. The van der Waals surface area contributed by atoms with E-state index in [0.717, 1.165) is 3.57 Å². The van der Waals surface area contributed by atoms with E-state index in [4.69, 9.17) is 16.7 Å². The molecule has 16 heavy (non-hydrogen) atoms. The van der Waals surface area contributed by atoms with Gasteiger partial charge in [-0.3, -0.25) is 9.69 Å². The largest absolute Gasteiger partial charge is 0.396 e. The minimum atomic E-state index is -0.0103. The van der Waals surface area contributed by atoms with E-state index in [1.807, 2.05) is 6.07 Å². The first-order valence-electron chi connectivity index (χ1n) is 4.85. The van der Waals surface area contributed by atoms with Gasteiger partial charge in [0, 0.05) is 25.5 Å². The third-order valence-corrected chi connectivity index (χ3v) is 4.01. The van der Waals surface area contributed by atoms with Gasteiger partial charge < -0.3 is 5.11 Å². The number of hydrogen-bond acceptors (Lipinski definition) is 3. The molecule has 0 radical (unpaired) electrons. The summed E-state index contributed by atoms with van der Waals surface area (Å²) >= 11 is 7.99. The van der Waals surface area contributed by atoms with Crippen LogP contribution in [0.4, 0.5) is 5.82 Å². The molecule has 1 N–H and O–H groups in total. The molecule has 1 amide bonds. The van der Waals surface area contributed by atoms with Crippen LogP contribution in [-0.4, -0.2) is 29.1 Å². The molecule has 1 aliphatic rings. The van der Waals surface area contributed by atoms with Gasteiger partial charge in [-0.05, 0) is 34.7 Å². The monoisotopic (exact) mass is 352 g/mol. The number of anilines is 1. The molecule has 1 saturated heterocycles. The molecule has 1 aromatic rings. The van der Waals surface area contributed by atoms with Crippen molar-refractivity contribution in [3.8, 4) is 0 Å². The van der Waals surface area contributed by atoms with Gasteiger partial charge in [-0.15, -0.1) is 0 Å². The third-order valence-electron chi connectivity index (χ3n) is 2.53. The second-order valence-corrected chi connectivity index (χ2v) is 5.22. The van der Waals surface area contributed by atoms with Gasteiger partial charge in [-0.1, -0.05) is 11.6 Å². The number of carbonyl (C=O) groups excluding carboxylic acids is 1. The molecule has 0 aliphatic carbocycles. The number of aliphatic hydroxyl groups excluding tert-OH is 1. The number of pyridine rings is 1. The summed E-state index contributed by atoms with van der Waals surface area (Å²) in [5.41, 5.74) is 0. The van der Waals surface area contributed by atoms with Crippen molar-refractivity contribution in [2.24, 2.45) is 5.92 Å². The van der Waals surface area contributed by atoms with Crippen molar-refractivity contribution in [1.82, 2.24) is 4.98 Å². The second-order valence-electron chi connectivity index (χ2n) is 3.70.